The van der Waals surface area contributed by atoms with Crippen molar-refractivity contribution in [1.29, 1.82) is 0 Å². The zero-order chi connectivity index (χ0) is 24.3. The van der Waals surface area contributed by atoms with Crippen LogP contribution in [0.1, 0.15) is 47.1 Å². The van der Waals surface area contributed by atoms with Gasteiger partial charge in [-0.25, -0.2) is 4.98 Å². The molecular weight excluding hydrogens is 460 g/mol. The topological polar surface area (TPSA) is 72.6 Å². The Morgan fingerprint density at radius 3 is 2.57 bits per heavy atom. The number of amides is 1. The fourth-order valence-corrected chi connectivity index (χ4v) is 5.65. The van der Waals surface area contributed by atoms with E-state index in [0.29, 0.717) is 21.7 Å². The molecule has 0 saturated carbocycles. The van der Waals surface area contributed by atoms with Gasteiger partial charge in [0.1, 0.15) is 11.3 Å². The van der Waals surface area contributed by atoms with Crippen molar-refractivity contribution in [2.75, 3.05) is 4.90 Å². The van der Waals surface area contributed by atoms with Crippen molar-refractivity contribution in [2.24, 2.45) is 0 Å². The van der Waals surface area contributed by atoms with Crippen LogP contribution in [-0.4, -0.2) is 17.0 Å². The summed E-state index contributed by atoms with van der Waals surface area (Å²) in [6, 6.07) is 19.9. The first-order chi connectivity index (χ1) is 16.9. The highest BCUT2D eigenvalue weighted by Crippen LogP contribution is 2.44. The summed E-state index contributed by atoms with van der Waals surface area (Å²) in [5, 5.41) is 0.976. The number of para-hydroxylation sites is 1. The summed E-state index contributed by atoms with van der Waals surface area (Å²) in [6.07, 6.45) is 0.0377. The van der Waals surface area contributed by atoms with Crippen LogP contribution < -0.4 is 15.1 Å². The van der Waals surface area contributed by atoms with Gasteiger partial charge >= 0.3 is 0 Å². The molecule has 174 valence electrons. The molecule has 0 spiro atoms. The van der Waals surface area contributed by atoms with Gasteiger partial charge in [0.25, 0.3) is 5.91 Å². The molecule has 3 aromatic carbocycles. The summed E-state index contributed by atoms with van der Waals surface area (Å²) in [4.78, 5) is 33.8. The Morgan fingerprint density at radius 2 is 1.80 bits per heavy atom. The molecule has 1 atom stereocenters. The second-order valence-electron chi connectivity index (χ2n) is 8.95. The van der Waals surface area contributed by atoms with E-state index in [1.807, 2.05) is 57.2 Å². The number of aryl methyl sites for hydroxylation is 1. The van der Waals surface area contributed by atoms with E-state index in [-0.39, 0.29) is 23.2 Å². The molecule has 1 aliphatic heterocycles. The minimum Gasteiger partial charge on any atom is -0.491 e. The largest absolute Gasteiger partial charge is 0.491 e. The van der Waals surface area contributed by atoms with Crippen molar-refractivity contribution in [2.45, 2.75) is 32.9 Å². The zero-order valence-electron chi connectivity index (χ0n) is 19.4. The first kappa shape index (κ1) is 21.6. The Balaban J connectivity index is 1.57. The molecule has 0 aliphatic carbocycles. The number of benzene rings is 3. The van der Waals surface area contributed by atoms with Gasteiger partial charge in [-0.05, 0) is 68.3 Å². The predicted octanol–water partition coefficient (Wildman–Crippen LogP) is 6.25. The molecule has 0 radical (unpaired) electrons. The number of rotatable bonds is 4. The maximum absolute atomic E-state index is 13.8. The molecular formula is C28H22N2O4S. The summed E-state index contributed by atoms with van der Waals surface area (Å²) >= 11 is 1.43. The van der Waals surface area contributed by atoms with Gasteiger partial charge in [-0.3, -0.25) is 14.5 Å². The van der Waals surface area contributed by atoms with Crippen molar-refractivity contribution >= 4 is 43.6 Å². The third-order valence-corrected chi connectivity index (χ3v) is 7.10. The number of nitrogens with zero attached hydrogens (tertiary/aromatic N) is 2. The molecule has 6 nitrogen and oxygen atoms in total. The number of carbonyl (C=O) groups is 1. The molecule has 35 heavy (non-hydrogen) atoms. The Morgan fingerprint density at radius 1 is 1.03 bits per heavy atom. The van der Waals surface area contributed by atoms with Crippen LogP contribution >= 0.6 is 11.3 Å². The number of fused-ring (bicyclic) bond motifs is 3. The van der Waals surface area contributed by atoms with Crippen LogP contribution in [0.2, 0.25) is 0 Å². The fraction of sp³-hybridized carbons (Fsp3) is 0.179. The van der Waals surface area contributed by atoms with Crippen molar-refractivity contribution in [1.82, 2.24) is 4.98 Å². The van der Waals surface area contributed by atoms with E-state index < -0.39 is 6.04 Å². The van der Waals surface area contributed by atoms with Gasteiger partial charge in [0.15, 0.2) is 10.6 Å². The Hall–Kier alpha value is -3.97. The van der Waals surface area contributed by atoms with Gasteiger partial charge in [-0.15, -0.1) is 0 Å². The summed E-state index contributed by atoms with van der Waals surface area (Å²) in [7, 11) is 0. The molecule has 6 rings (SSSR count). The molecule has 7 heteroatoms. The van der Waals surface area contributed by atoms with Gasteiger partial charge in [-0.2, -0.15) is 0 Å². The van der Waals surface area contributed by atoms with E-state index >= 15 is 0 Å². The predicted molar refractivity (Wildman–Crippen MR) is 138 cm³/mol. The van der Waals surface area contributed by atoms with Crippen LogP contribution in [0.3, 0.4) is 0 Å². The van der Waals surface area contributed by atoms with Gasteiger partial charge in [-0.1, -0.05) is 41.7 Å². The molecule has 0 unspecified atom stereocenters. The molecule has 2 aromatic heterocycles. The lowest BCUT2D eigenvalue weighted by molar-refractivity contribution is 0.0971. The number of thiazole rings is 1. The SMILES string of the molecule is Cc1ccc2nc(N3C(=O)c4oc5ccccc5c(=O)c4[C@H]3c3ccc(OC(C)C)cc3)sc2c1. The van der Waals surface area contributed by atoms with E-state index in [1.54, 1.807) is 29.2 Å². The second kappa shape index (κ2) is 8.06. The molecule has 0 saturated heterocycles. The Labute approximate surface area is 205 Å². The number of anilines is 1. The van der Waals surface area contributed by atoms with E-state index in [4.69, 9.17) is 14.1 Å². The van der Waals surface area contributed by atoms with Crippen LogP contribution in [0.5, 0.6) is 5.75 Å². The summed E-state index contributed by atoms with van der Waals surface area (Å²) in [5.41, 5.74) is 3.23. The molecule has 0 fully saturated rings. The zero-order valence-corrected chi connectivity index (χ0v) is 20.3. The summed E-state index contributed by atoms with van der Waals surface area (Å²) < 4.78 is 12.8. The van der Waals surface area contributed by atoms with E-state index in [0.717, 1.165) is 27.1 Å². The van der Waals surface area contributed by atoms with Gasteiger partial charge in [0.2, 0.25) is 5.76 Å². The molecule has 1 amide bonds. The summed E-state index contributed by atoms with van der Waals surface area (Å²) in [6.45, 7) is 5.95. The average molecular weight is 483 g/mol. The summed E-state index contributed by atoms with van der Waals surface area (Å²) in [5.74, 6) is 0.420. The van der Waals surface area contributed by atoms with Crippen LogP contribution in [0.4, 0.5) is 5.13 Å². The monoisotopic (exact) mass is 482 g/mol. The first-order valence-corrected chi connectivity index (χ1v) is 12.3. The Kier molecular flexibility index (Phi) is 4.96. The van der Waals surface area contributed by atoms with Gasteiger partial charge in [0, 0.05) is 0 Å². The smallest absolute Gasteiger partial charge is 0.297 e. The van der Waals surface area contributed by atoms with Crippen LogP contribution in [-0.2, 0) is 0 Å². The number of hydrogen-bond acceptors (Lipinski definition) is 6. The van der Waals surface area contributed by atoms with Crippen LogP contribution in [0, 0.1) is 6.92 Å². The third-order valence-electron chi connectivity index (χ3n) is 6.08. The molecule has 5 aromatic rings. The lowest BCUT2D eigenvalue weighted by Gasteiger charge is -2.22. The van der Waals surface area contributed by atoms with Crippen LogP contribution in [0.15, 0.2) is 75.9 Å². The molecule has 3 heterocycles. The van der Waals surface area contributed by atoms with Crippen molar-refractivity contribution in [3.8, 4) is 5.75 Å². The average Bonchev–Trinajstić information content (AvgIpc) is 3.37. The minimum atomic E-state index is -0.659. The number of hydrogen-bond donors (Lipinski definition) is 0. The van der Waals surface area contributed by atoms with Gasteiger partial charge in [0.05, 0.1) is 33.3 Å². The Bertz CT molecular complexity index is 1670. The van der Waals surface area contributed by atoms with Crippen molar-refractivity contribution in [3.63, 3.8) is 0 Å². The molecule has 0 N–H and O–H groups in total. The maximum atomic E-state index is 13.8. The highest BCUT2D eigenvalue weighted by Gasteiger charge is 2.45. The maximum Gasteiger partial charge on any atom is 0.297 e. The van der Waals surface area contributed by atoms with Gasteiger partial charge < -0.3 is 9.15 Å². The standard InChI is InChI=1S/C28H22N2O4S/c1-15(2)33-18-11-9-17(10-12-18)24-23-25(31)19-6-4-5-7-21(19)34-26(23)27(32)30(24)28-29-20-13-8-16(3)14-22(20)35-28/h4-15,24H,1-3H3/t24-/m1/s1. The first-order valence-electron chi connectivity index (χ1n) is 11.4. The van der Waals surface area contributed by atoms with Crippen molar-refractivity contribution in [3.05, 3.63) is 99.4 Å². The van der Waals surface area contributed by atoms with Crippen molar-refractivity contribution < 1.29 is 13.9 Å². The van der Waals surface area contributed by atoms with Crippen LogP contribution in [0.25, 0.3) is 21.2 Å². The number of ether oxygens (including phenoxy) is 1. The quantitative estimate of drug-likeness (QED) is 0.303. The molecule has 1 aliphatic rings. The number of carbonyl (C=O) groups excluding carboxylic acids is 1. The highest BCUT2D eigenvalue weighted by molar-refractivity contribution is 7.22. The normalized spacial score (nSPS) is 15.4. The fourth-order valence-electron chi connectivity index (χ4n) is 4.56. The molecule has 0 bridgehead atoms. The van der Waals surface area contributed by atoms with E-state index in [9.17, 15) is 9.59 Å². The lowest BCUT2D eigenvalue weighted by atomic mass is 9.98. The van der Waals surface area contributed by atoms with E-state index in [2.05, 4.69) is 6.07 Å². The lowest BCUT2D eigenvalue weighted by Crippen LogP contribution is -2.29. The highest BCUT2D eigenvalue weighted by atomic mass is 32.1. The number of aromatic nitrogens is 1. The second-order valence-corrected chi connectivity index (χ2v) is 9.96. The third kappa shape index (κ3) is 3.51. The minimum absolute atomic E-state index is 0.0377. The van der Waals surface area contributed by atoms with E-state index in [1.165, 1.54) is 11.3 Å².